The SMILES string of the molecule is CC(=O)c1cccc(N2C(=O)CC(Nc3cccc(C(F)(F)F)c3)C2=O)c1. The maximum atomic E-state index is 12.8. The number of halogens is 3. The Morgan fingerprint density at radius 1 is 1.11 bits per heavy atom. The third kappa shape index (κ3) is 3.84. The van der Waals surface area contributed by atoms with Gasteiger partial charge in [0, 0.05) is 11.3 Å². The fourth-order valence-corrected chi connectivity index (χ4v) is 2.87. The van der Waals surface area contributed by atoms with Crippen LogP contribution in [0.25, 0.3) is 0 Å². The molecule has 0 saturated carbocycles. The van der Waals surface area contributed by atoms with E-state index in [0.717, 1.165) is 17.0 Å². The van der Waals surface area contributed by atoms with Gasteiger partial charge in [0.15, 0.2) is 5.78 Å². The Morgan fingerprint density at radius 2 is 1.81 bits per heavy atom. The van der Waals surface area contributed by atoms with Crippen LogP contribution in [0.3, 0.4) is 0 Å². The molecule has 140 valence electrons. The van der Waals surface area contributed by atoms with E-state index in [4.69, 9.17) is 0 Å². The molecule has 0 aromatic heterocycles. The summed E-state index contributed by atoms with van der Waals surface area (Å²) >= 11 is 0. The summed E-state index contributed by atoms with van der Waals surface area (Å²) in [6, 6.07) is 9.52. The van der Waals surface area contributed by atoms with Crippen LogP contribution in [0.15, 0.2) is 48.5 Å². The number of hydrogen-bond acceptors (Lipinski definition) is 4. The molecule has 2 aromatic carbocycles. The Bertz CT molecular complexity index is 924. The molecule has 1 aliphatic rings. The number of hydrogen-bond donors (Lipinski definition) is 1. The number of carbonyl (C=O) groups is 3. The minimum absolute atomic E-state index is 0.0929. The van der Waals surface area contributed by atoms with Gasteiger partial charge in [-0.25, -0.2) is 4.90 Å². The number of Topliss-reactive ketones (excluding diaryl/α,β-unsaturated/α-hetero) is 1. The summed E-state index contributed by atoms with van der Waals surface area (Å²) in [4.78, 5) is 37.4. The molecule has 5 nitrogen and oxygen atoms in total. The topological polar surface area (TPSA) is 66.5 Å². The van der Waals surface area contributed by atoms with E-state index in [-0.39, 0.29) is 23.6 Å². The molecule has 2 amide bonds. The van der Waals surface area contributed by atoms with Gasteiger partial charge in [0.25, 0.3) is 5.91 Å². The highest BCUT2D eigenvalue weighted by Crippen LogP contribution is 2.32. The summed E-state index contributed by atoms with van der Waals surface area (Å²) in [5, 5.41) is 2.69. The fraction of sp³-hybridized carbons (Fsp3) is 0.211. The van der Waals surface area contributed by atoms with E-state index in [1.54, 1.807) is 12.1 Å². The smallest absolute Gasteiger partial charge is 0.373 e. The molecular weight excluding hydrogens is 361 g/mol. The first-order chi connectivity index (χ1) is 12.7. The van der Waals surface area contributed by atoms with Crippen molar-refractivity contribution in [3.8, 4) is 0 Å². The number of carbonyl (C=O) groups excluding carboxylic acids is 3. The van der Waals surface area contributed by atoms with Crippen LogP contribution in [0.4, 0.5) is 24.5 Å². The zero-order chi connectivity index (χ0) is 19.8. The van der Waals surface area contributed by atoms with Gasteiger partial charge in [-0.05, 0) is 37.3 Å². The van der Waals surface area contributed by atoms with E-state index < -0.39 is 29.6 Å². The minimum Gasteiger partial charge on any atom is -0.373 e. The van der Waals surface area contributed by atoms with Gasteiger partial charge in [-0.3, -0.25) is 14.4 Å². The normalized spacial score (nSPS) is 17.3. The molecule has 1 N–H and O–H groups in total. The van der Waals surface area contributed by atoms with Gasteiger partial charge in [-0.1, -0.05) is 18.2 Å². The van der Waals surface area contributed by atoms with Gasteiger partial charge in [0.2, 0.25) is 5.91 Å². The monoisotopic (exact) mass is 376 g/mol. The number of nitrogens with one attached hydrogen (secondary N) is 1. The number of rotatable bonds is 4. The zero-order valence-corrected chi connectivity index (χ0v) is 14.2. The average Bonchev–Trinajstić information content (AvgIpc) is 2.88. The van der Waals surface area contributed by atoms with Crippen molar-refractivity contribution in [1.29, 1.82) is 0 Å². The maximum absolute atomic E-state index is 12.8. The number of ketones is 1. The van der Waals surface area contributed by atoms with Crippen LogP contribution in [-0.2, 0) is 15.8 Å². The molecule has 3 rings (SSSR count). The third-order valence-electron chi connectivity index (χ3n) is 4.19. The fourth-order valence-electron chi connectivity index (χ4n) is 2.87. The summed E-state index contributed by atoms with van der Waals surface area (Å²) < 4.78 is 38.5. The lowest BCUT2D eigenvalue weighted by molar-refractivity contribution is -0.137. The first kappa shape index (κ1) is 18.6. The van der Waals surface area contributed by atoms with Gasteiger partial charge in [0.1, 0.15) is 6.04 Å². The molecule has 1 unspecified atom stereocenters. The Morgan fingerprint density at radius 3 is 2.48 bits per heavy atom. The van der Waals surface area contributed by atoms with E-state index in [1.807, 2.05) is 0 Å². The van der Waals surface area contributed by atoms with Gasteiger partial charge in [-0.15, -0.1) is 0 Å². The van der Waals surface area contributed by atoms with Crippen LogP contribution in [0, 0.1) is 0 Å². The standard InChI is InChI=1S/C19H15F3N2O3/c1-11(25)12-4-2-7-15(8-12)24-17(26)10-16(18(24)27)23-14-6-3-5-13(9-14)19(20,21)22/h2-9,16,23H,10H2,1H3. The summed E-state index contributed by atoms with van der Waals surface area (Å²) in [7, 11) is 0. The van der Waals surface area contributed by atoms with Crippen LogP contribution < -0.4 is 10.2 Å². The molecule has 1 heterocycles. The Kier molecular flexibility index (Phi) is 4.73. The number of imide groups is 1. The summed E-state index contributed by atoms with van der Waals surface area (Å²) in [5.74, 6) is -1.29. The van der Waals surface area contributed by atoms with Gasteiger partial charge in [-0.2, -0.15) is 13.2 Å². The summed E-state index contributed by atoms with van der Waals surface area (Å²) in [5.41, 5.74) is -0.154. The average molecular weight is 376 g/mol. The maximum Gasteiger partial charge on any atom is 0.416 e. The van der Waals surface area contributed by atoms with Crippen LogP contribution in [0.1, 0.15) is 29.3 Å². The quantitative estimate of drug-likeness (QED) is 0.653. The van der Waals surface area contributed by atoms with Crippen molar-refractivity contribution in [1.82, 2.24) is 0 Å². The first-order valence-corrected chi connectivity index (χ1v) is 8.08. The highest BCUT2D eigenvalue weighted by molar-refractivity contribution is 6.23. The van der Waals surface area contributed by atoms with Crippen molar-refractivity contribution < 1.29 is 27.6 Å². The van der Waals surface area contributed by atoms with Crippen LogP contribution in [-0.4, -0.2) is 23.6 Å². The second-order valence-electron chi connectivity index (χ2n) is 6.15. The van der Waals surface area contributed by atoms with Crippen molar-refractivity contribution in [2.75, 3.05) is 10.2 Å². The lowest BCUT2D eigenvalue weighted by Gasteiger charge is -2.17. The van der Waals surface area contributed by atoms with E-state index in [9.17, 15) is 27.6 Å². The van der Waals surface area contributed by atoms with Crippen molar-refractivity contribution >= 4 is 29.0 Å². The number of amides is 2. The van der Waals surface area contributed by atoms with Gasteiger partial charge >= 0.3 is 6.18 Å². The molecular formula is C19H15F3N2O3. The Balaban J connectivity index is 1.83. The van der Waals surface area contributed by atoms with Crippen LogP contribution >= 0.6 is 0 Å². The predicted molar refractivity (Wildman–Crippen MR) is 92.4 cm³/mol. The van der Waals surface area contributed by atoms with Crippen LogP contribution in [0.2, 0.25) is 0 Å². The van der Waals surface area contributed by atoms with E-state index in [0.29, 0.717) is 5.56 Å². The molecule has 2 aromatic rings. The second-order valence-corrected chi connectivity index (χ2v) is 6.15. The number of anilines is 2. The largest absolute Gasteiger partial charge is 0.416 e. The molecule has 1 atom stereocenters. The highest BCUT2D eigenvalue weighted by Gasteiger charge is 2.40. The Labute approximate surface area is 152 Å². The lowest BCUT2D eigenvalue weighted by atomic mass is 10.1. The lowest BCUT2D eigenvalue weighted by Crippen LogP contribution is -2.34. The molecule has 8 heteroatoms. The molecule has 0 aliphatic carbocycles. The molecule has 0 radical (unpaired) electrons. The van der Waals surface area contributed by atoms with Crippen molar-refractivity contribution in [2.24, 2.45) is 0 Å². The predicted octanol–water partition coefficient (Wildman–Crippen LogP) is 3.65. The van der Waals surface area contributed by atoms with Crippen molar-refractivity contribution in [2.45, 2.75) is 25.6 Å². The first-order valence-electron chi connectivity index (χ1n) is 8.08. The van der Waals surface area contributed by atoms with Crippen molar-refractivity contribution in [3.05, 3.63) is 59.7 Å². The molecule has 0 spiro atoms. The van der Waals surface area contributed by atoms with Crippen LogP contribution in [0.5, 0.6) is 0 Å². The highest BCUT2D eigenvalue weighted by atomic mass is 19.4. The number of alkyl halides is 3. The van der Waals surface area contributed by atoms with E-state index in [1.165, 1.54) is 31.2 Å². The van der Waals surface area contributed by atoms with Gasteiger partial charge < -0.3 is 5.32 Å². The number of nitrogens with zero attached hydrogens (tertiary/aromatic N) is 1. The molecule has 0 bridgehead atoms. The van der Waals surface area contributed by atoms with E-state index in [2.05, 4.69) is 5.32 Å². The molecule has 1 saturated heterocycles. The minimum atomic E-state index is -4.51. The summed E-state index contributed by atoms with van der Waals surface area (Å²) in [6.45, 7) is 1.37. The molecule has 1 fully saturated rings. The van der Waals surface area contributed by atoms with E-state index >= 15 is 0 Å². The van der Waals surface area contributed by atoms with Crippen molar-refractivity contribution in [3.63, 3.8) is 0 Å². The second kappa shape index (κ2) is 6.86. The number of benzene rings is 2. The zero-order valence-electron chi connectivity index (χ0n) is 14.2. The summed E-state index contributed by atoms with van der Waals surface area (Å²) in [6.07, 6.45) is -4.70. The molecule has 27 heavy (non-hydrogen) atoms. The third-order valence-corrected chi connectivity index (χ3v) is 4.19. The Hall–Kier alpha value is -3.16. The van der Waals surface area contributed by atoms with Gasteiger partial charge in [0.05, 0.1) is 17.7 Å². The molecule has 1 aliphatic heterocycles.